The van der Waals surface area contributed by atoms with Crippen molar-refractivity contribution in [3.05, 3.63) is 89.5 Å². The van der Waals surface area contributed by atoms with Crippen LogP contribution in [0, 0.1) is 25.2 Å². The van der Waals surface area contributed by atoms with Gasteiger partial charge in [-0.15, -0.1) is 0 Å². The van der Waals surface area contributed by atoms with Gasteiger partial charge in [0.25, 0.3) is 15.9 Å². The van der Waals surface area contributed by atoms with E-state index in [2.05, 4.69) is 10.5 Å². The molecule has 1 amide bonds. The average Bonchev–Trinajstić information content (AvgIpc) is 2.82. The molecule has 0 unspecified atom stereocenters. The van der Waals surface area contributed by atoms with Gasteiger partial charge in [-0.3, -0.25) is 9.10 Å². The third kappa shape index (κ3) is 6.43. The number of carbonyl (C=O) groups is 1. The van der Waals surface area contributed by atoms with Crippen molar-refractivity contribution < 1.29 is 17.9 Å². The van der Waals surface area contributed by atoms with E-state index in [4.69, 9.17) is 10.00 Å². The van der Waals surface area contributed by atoms with Gasteiger partial charge in [0.05, 0.1) is 16.8 Å². The molecule has 3 aromatic rings. The van der Waals surface area contributed by atoms with Crippen LogP contribution in [-0.2, 0) is 14.8 Å². The van der Waals surface area contributed by atoms with Crippen LogP contribution in [0.1, 0.15) is 16.7 Å². The fraction of sp³-hybridized carbons (Fsp3) is 0.160. The fourth-order valence-corrected chi connectivity index (χ4v) is 4.67. The van der Waals surface area contributed by atoms with Crippen molar-refractivity contribution in [2.45, 2.75) is 18.7 Å². The summed E-state index contributed by atoms with van der Waals surface area (Å²) in [6.07, 6.45) is 1.43. The number of anilines is 1. The summed E-state index contributed by atoms with van der Waals surface area (Å²) < 4.78 is 33.0. The SMILES string of the molecule is Cc1cc(C)cc(N(CC(=O)N/N=C\c2ccc(OCC#N)cc2)S(=O)(=O)c2ccccc2)c1. The number of amides is 1. The maximum atomic E-state index is 13.4. The number of rotatable bonds is 9. The van der Waals surface area contributed by atoms with E-state index in [1.165, 1.54) is 18.3 Å². The Bertz CT molecular complexity index is 1300. The highest BCUT2D eigenvalue weighted by Crippen LogP contribution is 2.25. The topological polar surface area (TPSA) is 112 Å². The first kappa shape index (κ1) is 24.5. The van der Waals surface area contributed by atoms with Gasteiger partial charge >= 0.3 is 0 Å². The van der Waals surface area contributed by atoms with E-state index in [1.54, 1.807) is 54.6 Å². The van der Waals surface area contributed by atoms with Gasteiger partial charge in [-0.1, -0.05) is 24.3 Å². The molecular weight excluding hydrogens is 452 g/mol. The smallest absolute Gasteiger partial charge is 0.264 e. The first-order valence-electron chi connectivity index (χ1n) is 10.4. The zero-order valence-electron chi connectivity index (χ0n) is 18.8. The highest BCUT2D eigenvalue weighted by Gasteiger charge is 2.27. The predicted octanol–water partition coefficient (Wildman–Crippen LogP) is 3.55. The summed E-state index contributed by atoms with van der Waals surface area (Å²) in [5.74, 6) is -0.0539. The Morgan fingerprint density at radius 2 is 1.71 bits per heavy atom. The number of nitrogens with zero attached hydrogens (tertiary/aromatic N) is 3. The van der Waals surface area contributed by atoms with Gasteiger partial charge in [-0.25, -0.2) is 13.8 Å². The van der Waals surface area contributed by atoms with E-state index in [1.807, 2.05) is 26.0 Å². The number of hydrogen-bond donors (Lipinski definition) is 1. The van der Waals surface area contributed by atoms with Gasteiger partial charge in [0.1, 0.15) is 18.4 Å². The normalized spacial score (nSPS) is 11.1. The summed E-state index contributed by atoms with van der Waals surface area (Å²) in [5.41, 5.74) is 5.22. The molecule has 0 radical (unpaired) electrons. The molecule has 0 aliphatic rings. The molecule has 0 spiro atoms. The van der Waals surface area contributed by atoms with Crippen LogP contribution < -0.4 is 14.5 Å². The molecule has 3 aromatic carbocycles. The maximum Gasteiger partial charge on any atom is 0.264 e. The monoisotopic (exact) mass is 476 g/mol. The zero-order valence-corrected chi connectivity index (χ0v) is 19.6. The van der Waals surface area contributed by atoms with E-state index in [0.717, 1.165) is 15.4 Å². The highest BCUT2D eigenvalue weighted by molar-refractivity contribution is 7.92. The molecule has 1 N–H and O–H groups in total. The molecule has 0 fully saturated rings. The Morgan fingerprint density at radius 1 is 1.06 bits per heavy atom. The van der Waals surface area contributed by atoms with Crippen LogP contribution in [-0.4, -0.2) is 33.7 Å². The first-order chi connectivity index (χ1) is 16.3. The molecule has 3 rings (SSSR count). The van der Waals surface area contributed by atoms with Gasteiger partial charge in [0.15, 0.2) is 6.61 Å². The minimum absolute atomic E-state index is 0.0493. The van der Waals surface area contributed by atoms with Gasteiger partial charge in [-0.05, 0) is 79.1 Å². The Labute approximate surface area is 199 Å². The molecular formula is C25H24N4O4S. The average molecular weight is 477 g/mol. The molecule has 0 aliphatic carbocycles. The van der Waals surface area contributed by atoms with Crippen molar-refractivity contribution in [2.24, 2.45) is 5.10 Å². The number of aryl methyl sites for hydroxylation is 2. The summed E-state index contributed by atoms with van der Waals surface area (Å²) >= 11 is 0. The van der Waals surface area contributed by atoms with Gasteiger partial charge in [0, 0.05) is 0 Å². The number of benzene rings is 3. The van der Waals surface area contributed by atoms with Crippen LogP contribution in [0.5, 0.6) is 5.75 Å². The van der Waals surface area contributed by atoms with Crippen LogP contribution in [0.15, 0.2) is 82.8 Å². The lowest BCUT2D eigenvalue weighted by molar-refractivity contribution is -0.119. The molecule has 8 nitrogen and oxygen atoms in total. The number of hydrazone groups is 1. The lowest BCUT2D eigenvalue weighted by atomic mass is 10.1. The van der Waals surface area contributed by atoms with Crippen LogP contribution in [0.4, 0.5) is 5.69 Å². The zero-order chi connectivity index (χ0) is 24.6. The van der Waals surface area contributed by atoms with Crippen LogP contribution >= 0.6 is 0 Å². The van der Waals surface area contributed by atoms with E-state index < -0.39 is 22.5 Å². The van der Waals surface area contributed by atoms with Crippen molar-refractivity contribution in [1.29, 1.82) is 5.26 Å². The van der Waals surface area contributed by atoms with Gasteiger partial charge in [0.2, 0.25) is 0 Å². The molecule has 174 valence electrons. The third-order valence-corrected chi connectivity index (χ3v) is 6.49. The quantitative estimate of drug-likeness (QED) is 0.375. The fourth-order valence-electron chi connectivity index (χ4n) is 3.24. The minimum Gasteiger partial charge on any atom is -0.479 e. The summed E-state index contributed by atoms with van der Waals surface area (Å²) in [7, 11) is -3.99. The molecule has 0 saturated heterocycles. The van der Waals surface area contributed by atoms with E-state index in [9.17, 15) is 13.2 Å². The Morgan fingerprint density at radius 3 is 2.32 bits per heavy atom. The standard InChI is InChI=1S/C25H24N4O4S/c1-19-14-20(2)16-22(15-19)29(34(31,32)24-6-4-3-5-7-24)18-25(30)28-27-17-21-8-10-23(11-9-21)33-13-12-26/h3-11,14-17H,13,18H2,1-2H3,(H,28,30)/b27-17-. The van der Waals surface area contributed by atoms with Crippen molar-refractivity contribution in [3.8, 4) is 11.8 Å². The number of ether oxygens (including phenoxy) is 1. The largest absolute Gasteiger partial charge is 0.479 e. The van der Waals surface area contributed by atoms with Crippen molar-refractivity contribution in [3.63, 3.8) is 0 Å². The Balaban J connectivity index is 1.78. The van der Waals surface area contributed by atoms with E-state index >= 15 is 0 Å². The number of hydrogen-bond acceptors (Lipinski definition) is 6. The maximum absolute atomic E-state index is 13.4. The Kier molecular flexibility index (Phi) is 8.01. The van der Waals surface area contributed by atoms with Gasteiger partial charge in [-0.2, -0.15) is 10.4 Å². The van der Waals surface area contributed by atoms with Crippen LogP contribution in [0.2, 0.25) is 0 Å². The summed E-state index contributed by atoms with van der Waals surface area (Å²) in [6.45, 7) is 3.24. The van der Waals surface area contributed by atoms with Gasteiger partial charge < -0.3 is 4.74 Å². The molecule has 9 heteroatoms. The molecule has 0 aliphatic heterocycles. The second-order valence-electron chi connectivity index (χ2n) is 7.48. The minimum atomic E-state index is -3.99. The third-order valence-electron chi connectivity index (χ3n) is 4.70. The number of nitriles is 1. The van der Waals surface area contributed by atoms with Crippen molar-refractivity contribution in [2.75, 3.05) is 17.5 Å². The van der Waals surface area contributed by atoms with Crippen LogP contribution in [0.25, 0.3) is 0 Å². The second-order valence-corrected chi connectivity index (χ2v) is 9.34. The molecule has 0 aromatic heterocycles. The lowest BCUT2D eigenvalue weighted by Gasteiger charge is -2.24. The van der Waals surface area contributed by atoms with Crippen molar-refractivity contribution >= 4 is 27.8 Å². The summed E-state index contributed by atoms with van der Waals surface area (Å²) in [5, 5.41) is 12.5. The first-order valence-corrected chi connectivity index (χ1v) is 11.8. The number of carbonyl (C=O) groups excluding carboxylic acids is 1. The highest BCUT2D eigenvalue weighted by atomic mass is 32.2. The van der Waals surface area contributed by atoms with E-state index in [-0.39, 0.29) is 11.5 Å². The summed E-state index contributed by atoms with van der Waals surface area (Å²) in [6, 6.07) is 22.0. The molecule has 34 heavy (non-hydrogen) atoms. The predicted molar refractivity (Wildman–Crippen MR) is 130 cm³/mol. The summed E-state index contributed by atoms with van der Waals surface area (Å²) in [4.78, 5) is 12.7. The number of nitrogens with one attached hydrogen (secondary N) is 1. The second kappa shape index (κ2) is 11.1. The molecule has 0 saturated carbocycles. The lowest BCUT2D eigenvalue weighted by Crippen LogP contribution is -2.39. The van der Waals surface area contributed by atoms with Crippen molar-refractivity contribution in [1.82, 2.24) is 5.43 Å². The molecule has 0 atom stereocenters. The van der Waals surface area contributed by atoms with Crippen LogP contribution in [0.3, 0.4) is 0 Å². The molecule has 0 bridgehead atoms. The molecule has 0 heterocycles. The number of sulfonamides is 1. The Hall–Kier alpha value is -4.16. The van der Waals surface area contributed by atoms with E-state index in [0.29, 0.717) is 17.0 Å².